The Morgan fingerprint density at radius 2 is 1.47 bits per heavy atom. The Bertz CT molecular complexity index is 1720. The van der Waals surface area contributed by atoms with Crippen LogP contribution in [0.3, 0.4) is 0 Å². The molecular weight excluding hydrogens is 482 g/mol. The van der Waals surface area contributed by atoms with Crippen LogP contribution in [0.4, 0.5) is 0 Å². The van der Waals surface area contributed by atoms with Crippen molar-refractivity contribution in [1.82, 2.24) is 9.97 Å². The average molecular weight is 504 g/mol. The predicted octanol–water partition coefficient (Wildman–Crippen LogP) is 5.52. The van der Waals surface area contributed by atoms with Crippen LogP contribution in [0.2, 0.25) is 0 Å². The normalized spacial score (nSPS) is 10.2. The third kappa shape index (κ3) is 5.17. The molecule has 0 atom stereocenters. The Morgan fingerprint density at radius 3 is 2.05 bits per heavy atom. The van der Waals surface area contributed by atoms with Gasteiger partial charge in [0.05, 0.1) is 11.1 Å². The lowest BCUT2D eigenvalue weighted by molar-refractivity contribution is 0.0696. The SMILES string of the molecule is Cc1c(C(=O)O)cccc1C(=O)O.N#Cc1[nH]c(=O)c2ccc(-c3cccnc3)cc2c1-c1ccccc1. The molecule has 0 unspecified atom stereocenters. The number of carbonyl (C=O) groups is 2. The molecular formula is C30H21N3O5. The fourth-order valence-corrected chi connectivity index (χ4v) is 4.13. The third-order valence-electron chi connectivity index (χ3n) is 5.99. The molecule has 0 aliphatic heterocycles. The van der Waals surface area contributed by atoms with Crippen LogP contribution in [0.1, 0.15) is 32.0 Å². The van der Waals surface area contributed by atoms with Gasteiger partial charge in [0.15, 0.2) is 0 Å². The number of pyridine rings is 2. The van der Waals surface area contributed by atoms with E-state index >= 15 is 0 Å². The molecule has 2 aromatic heterocycles. The number of benzene rings is 3. The molecule has 0 radical (unpaired) electrons. The number of rotatable bonds is 4. The summed E-state index contributed by atoms with van der Waals surface area (Å²) in [5.74, 6) is -2.22. The highest BCUT2D eigenvalue weighted by molar-refractivity contribution is 6.00. The van der Waals surface area contributed by atoms with Crippen LogP contribution in [0.25, 0.3) is 33.0 Å². The first-order valence-electron chi connectivity index (χ1n) is 11.4. The molecule has 0 bridgehead atoms. The fraction of sp³-hybridized carbons (Fsp3) is 0.0333. The van der Waals surface area contributed by atoms with E-state index in [9.17, 15) is 19.6 Å². The Kier molecular flexibility index (Phi) is 7.40. The lowest BCUT2D eigenvalue weighted by Crippen LogP contribution is -2.10. The molecule has 0 aliphatic carbocycles. The Labute approximate surface area is 217 Å². The van der Waals surface area contributed by atoms with Crippen molar-refractivity contribution in [2.24, 2.45) is 0 Å². The van der Waals surface area contributed by atoms with Gasteiger partial charge in [-0.15, -0.1) is 0 Å². The smallest absolute Gasteiger partial charge is 0.335 e. The number of aromatic amines is 1. The molecule has 186 valence electrons. The van der Waals surface area contributed by atoms with Crippen molar-refractivity contribution in [1.29, 1.82) is 5.26 Å². The molecule has 3 aromatic carbocycles. The van der Waals surface area contributed by atoms with Crippen molar-refractivity contribution in [2.75, 3.05) is 0 Å². The average Bonchev–Trinajstić information content (AvgIpc) is 2.93. The zero-order valence-corrected chi connectivity index (χ0v) is 20.2. The van der Waals surface area contributed by atoms with Crippen molar-refractivity contribution in [2.45, 2.75) is 6.92 Å². The van der Waals surface area contributed by atoms with Gasteiger partial charge in [-0.1, -0.05) is 48.5 Å². The number of hydrogen-bond acceptors (Lipinski definition) is 5. The van der Waals surface area contributed by atoms with Gasteiger partial charge in [0, 0.05) is 28.9 Å². The van der Waals surface area contributed by atoms with Gasteiger partial charge >= 0.3 is 11.9 Å². The van der Waals surface area contributed by atoms with Crippen molar-refractivity contribution < 1.29 is 19.8 Å². The molecule has 5 rings (SSSR count). The molecule has 38 heavy (non-hydrogen) atoms. The molecule has 8 heteroatoms. The highest BCUT2D eigenvalue weighted by Gasteiger charge is 2.15. The van der Waals surface area contributed by atoms with Crippen molar-refractivity contribution in [3.63, 3.8) is 0 Å². The largest absolute Gasteiger partial charge is 0.478 e. The zero-order valence-electron chi connectivity index (χ0n) is 20.2. The van der Waals surface area contributed by atoms with E-state index in [1.54, 1.807) is 18.5 Å². The van der Waals surface area contributed by atoms with Crippen molar-refractivity contribution in [3.05, 3.63) is 124 Å². The highest BCUT2D eigenvalue weighted by Crippen LogP contribution is 2.32. The topological polar surface area (TPSA) is 144 Å². The molecule has 0 saturated carbocycles. The van der Waals surface area contributed by atoms with Gasteiger partial charge in [0.2, 0.25) is 0 Å². The number of hydrogen-bond donors (Lipinski definition) is 3. The van der Waals surface area contributed by atoms with Gasteiger partial charge in [-0.2, -0.15) is 5.26 Å². The molecule has 2 heterocycles. The second-order valence-electron chi connectivity index (χ2n) is 8.27. The highest BCUT2D eigenvalue weighted by atomic mass is 16.4. The van der Waals surface area contributed by atoms with E-state index in [0.717, 1.165) is 27.6 Å². The molecule has 0 aliphatic rings. The van der Waals surface area contributed by atoms with Gasteiger partial charge in [-0.3, -0.25) is 9.78 Å². The van der Waals surface area contributed by atoms with E-state index in [-0.39, 0.29) is 27.9 Å². The van der Waals surface area contributed by atoms with Crippen LogP contribution in [0.15, 0.2) is 96.1 Å². The fourth-order valence-electron chi connectivity index (χ4n) is 4.13. The van der Waals surface area contributed by atoms with Gasteiger partial charge in [-0.05, 0) is 59.3 Å². The summed E-state index contributed by atoms with van der Waals surface area (Å²) in [7, 11) is 0. The summed E-state index contributed by atoms with van der Waals surface area (Å²) < 4.78 is 0. The van der Waals surface area contributed by atoms with E-state index < -0.39 is 11.9 Å². The molecule has 3 N–H and O–H groups in total. The number of nitrogens with one attached hydrogen (secondary N) is 1. The lowest BCUT2D eigenvalue weighted by atomic mass is 9.95. The summed E-state index contributed by atoms with van der Waals surface area (Å²) in [6.07, 6.45) is 3.50. The minimum absolute atomic E-state index is 0.0277. The summed E-state index contributed by atoms with van der Waals surface area (Å²) in [6, 6.07) is 25.4. The first-order valence-corrected chi connectivity index (χ1v) is 11.4. The second-order valence-corrected chi connectivity index (χ2v) is 8.27. The number of carboxylic acid groups (broad SMARTS) is 2. The first kappa shape index (κ1) is 25.5. The molecule has 0 spiro atoms. The van der Waals surface area contributed by atoms with Crippen molar-refractivity contribution >= 4 is 22.7 Å². The maximum Gasteiger partial charge on any atom is 0.335 e. The zero-order chi connectivity index (χ0) is 27.2. The number of nitriles is 1. The van der Waals surface area contributed by atoms with Gasteiger partial charge in [0.1, 0.15) is 11.8 Å². The van der Waals surface area contributed by atoms with Crippen molar-refractivity contribution in [3.8, 4) is 28.3 Å². The molecule has 0 saturated heterocycles. The second kappa shape index (κ2) is 11.0. The maximum absolute atomic E-state index is 12.4. The Balaban J connectivity index is 0.000000219. The lowest BCUT2D eigenvalue weighted by Gasteiger charge is -2.11. The van der Waals surface area contributed by atoms with Crippen LogP contribution in [0.5, 0.6) is 0 Å². The number of aromatic nitrogens is 2. The minimum Gasteiger partial charge on any atom is -0.478 e. The van der Waals surface area contributed by atoms with Crippen LogP contribution >= 0.6 is 0 Å². The van der Waals surface area contributed by atoms with E-state index in [1.807, 2.05) is 54.6 Å². The third-order valence-corrected chi connectivity index (χ3v) is 5.99. The molecule has 5 aromatic rings. The Morgan fingerprint density at radius 1 is 0.816 bits per heavy atom. The van der Waals surface area contributed by atoms with Gasteiger partial charge < -0.3 is 15.2 Å². The number of aromatic carboxylic acids is 2. The molecule has 0 amide bonds. The number of nitrogens with zero attached hydrogens (tertiary/aromatic N) is 2. The minimum atomic E-state index is -1.11. The summed E-state index contributed by atoms with van der Waals surface area (Å²) in [5.41, 5.74) is 3.89. The number of carboxylic acids is 2. The molecule has 0 fully saturated rings. The standard InChI is InChI=1S/C21H13N3O.C9H8O4/c22-12-19-20(14-5-2-1-3-6-14)18-11-15(16-7-4-10-23-13-16)8-9-17(18)21(25)24-19;1-5-6(8(10)11)3-2-4-7(5)9(12)13/h1-11,13H,(H,24,25);2-4H,1H3,(H,10,11)(H,12,13). The van der Waals surface area contributed by atoms with Crippen LogP contribution < -0.4 is 5.56 Å². The van der Waals surface area contributed by atoms with E-state index in [4.69, 9.17) is 10.2 Å². The number of H-pyrrole nitrogens is 1. The van der Waals surface area contributed by atoms with Gasteiger partial charge in [-0.25, -0.2) is 9.59 Å². The van der Waals surface area contributed by atoms with E-state index in [0.29, 0.717) is 5.39 Å². The molecule has 8 nitrogen and oxygen atoms in total. The number of fused-ring (bicyclic) bond motifs is 1. The maximum atomic E-state index is 12.4. The predicted molar refractivity (Wildman–Crippen MR) is 143 cm³/mol. The summed E-state index contributed by atoms with van der Waals surface area (Å²) in [5, 5.41) is 28.2. The summed E-state index contributed by atoms with van der Waals surface area (Å²) in [4.78, 5) is 40.4. The van der Waals surface area contributed by atoms with Crippen LogP contribution in [0, 0.1) is 18.3 Å². The summed E-state index contributed by atoms with van der Waals surface area (Å²) in [6.45, 7) is 1.48. The van der Waals surface area contributed by atoms with Crippen LogP contribution in [-0.4, -0.2) is 32.1 Å². The van der Waals surface area contributed by atoms with E-state index in [1.165, 1.54) is 25.1 Å². The summed E-state index contributed by atoms with van der Waals surface area (Å²) >= 11 is 0. The monoisotopic (exact) mass is 503 g/mol. The quantitative estimate of drug-likeness (QED) is 0.293. The Hall–Kier alpha value is -5.55. The van der Waals surface area contributed by atoms with Gasteiger partial charge in [0.25, 0.3) is 5.56 Å². The van der Waals surface area contributed by atoms with E-state index in [2.05, 4.69) is 16.0 Å². The first-order chi connectivity index (χ1) is 18.3. The van der Waals surface area contributed by atoms with Crippen LogP contribution in [-0.2, 0) is 0 Å².